The molecule has 1 aromatic carbocycles. The van der Waals surface area contributed by atoms with Gasteiger partial charge in [-0.25, -0.2) is 12.8 Å². The minimum atomic E-state index is -4.05. The predicted molar refractivity (Wildman–Crippen MR) is 75.6 cm³/mol. The highest BCUT2D eigenvalue weighted by Gasteiger charge is 2.32. The first-order chi connectivity index (χ1) is 9.70. The van der Waals surface area contributed by atoms with Crippen molar-refractivity contribution in [1.82, 2.24) is 4.31 Å². The topological polar surface area (TPSA) is 89.7 Å². The van der Waals surface area contributed by atoms with Crippen LogP contribution in [0.15, 0.2) is 23.1 Å². The highest BCUT2D eigenvalue weighted by molar-refractivity contribution is 7.89. The van der Waals surface area contributed by atoms with Gasteiger partial charge in [0.2, 0.25) is 15.9 Å². The minimum Gasteiger partial charge on any atom is -0.383 e. The number of carbonyl (C=O) groups excluding carboxylic acids is 1. The Hall–Kier alpha value is -1.51. The molecule has 6 nitrogen and oxygen atoms in total. The lowest BCUT2D eigenvalue weighted by atomic mass is 10.2. The van der Waals surface area contributed by atoms with E-state index in [1.807, 2.05) is 0 Å². The van der Waals surface area contributed by atoms with E-state index < -0.39 is 27.8 Å². The zero-order valence-corrected chi connectivity index (χ0v) is 13.0. The molecular weight excluding hydrogens is 299 g/mol. The van der Waals surface area contributed by atoms with Crippen molar-refractivity contribution in [1.29, 1.82) is 0 Å². The standard InChI is InChI=1S/C13H19FN2O4S/c1-9-6-11(14)8-12(7-9)21(18,19)16(4-5-20-3)10(2)13(15)17/h6-8,10H,4-5H2,1-3H3,(H2,15,17)/t10-/m0/s1. The summed E-state index contributed by atoms with van der Waals surface area (Å²) in [5.41, 5.74) is 5.65. The van der Waals surface area contributed by atoms with Gasteiger partial charge in [0, 0.05) is 13.7 Å². The van der Waals surface area contributed by atoms with Crippen LogP contribution in [0.1, 0.15) is 12.5 Å². The first-order valence-electron chi connectivity index (χ1n) is 6.27. The molecule has 0 saturated heterocycles. The van der Waals surface area contributed by atoms with Gasteiger partial charge in [-0.15, -0.1) is 0 Å². The number of rotatable bonds is 7. The number of benzene rings is 1. The van der Waals surface area contributed by atoms with Gasteiger partial charge in [0.05, 0.1) is 11.5 Å². The smallest absolute Gasteiger partial charge is 0.243 e. The normalized spacial score (nSPS) is 13.4. The molecule has 0 saturated carbocycles. The Morgan fingerprint density at radius 1 is 1.43 bits per heavy atom. The van der Waals surface area contributed by atoms with Crippen LogP contribution in [0.2, 0.25) is 0 Å². The molecule has 0 aromatic heterocycles. The van der Waals surface area contributed by atoms with E-state index in [4.69, 9.17) is 10.5 Å². The fourth-order valence-corrected chi connectivity index (χ4v) is 3.53. The Labute approximate surface area is 123 Å². The summed E-state index contributed by atoms with van der Waals surface area (Å²) in [7, 11) is -2.64. The molecular formula is C13H19FN2O4S. The van der Waals surface area contributed by atoms with Crippen molar-refractivity contribution in [2.75, 3.05) is 20.3 Å². The van der Waals surface area contributed by atoms with Crippen molar-refractivity contribution in [2.24, 2.45) is 5.73 Å². The SMILES string of the molecule is COCCN([C@@H](C)C(N)=O)S(=O)(=O)c1cc(C)cc(F)c1. The number of halogens is 1. The van der Waals surface area contributed by atoms with Crippen LogP contribution in [0.25, 0.3) is 0 Å². The predicted octanol–water partition coefficient (Wildman–Crippen LogP) is 0.645. The van der Waals surface area contributed by atoms with E-state index in [2.05, 4.69) is 0 Å². The molecule has 0 aliphatic heterocycles. The summed E-state index contributed by atoms with van der Waals surface area (Å²) >= 11 is 0. The average Bonchev–Trinajstić information content (AvgIpc) is 2.37. The zero-order valence-electron chi connectivity index (χ0n) is 12.2. The number of aryl methyl sites for hydroxylation is 1. The average molecular weight is 318 g/mol. The van der Waals surface area contributed by atoms with Crippen LogP contribution < -0.4 is 5.73 Å². The van der Waals surface area contributed by atoms with Gasteiger partial charge in [0.25, 0.3) is 0 Å². The third-order valence-corrected chi connectivity index (χ3v) is 4.93. The summed E-state index contributed by atoms with van der Waals surface area (Å²) in [6.07, 6.45) is 0. The number of hydrogen-bond acceptors (Lipinski definition) is 4. The molecule has 0 spiro atoms. The molecule has 0 bridgehead atoms. The third-order valence-electron chi connectivity index (χ3n) is 2.98. The second-order valence-corrected chi connectivity index (χ2v) is 6.54. The lowest BCUT2D eigenvalue weighted by molar-refractivity contribution is -0.121. The summed E-state index contributed by atoms with van der Waals surface area (Å²) in [4.78, 5) is 11.1. The molecule has 1 amide bonds. The maximum absolute atomic E-state index is 13.4. The van der Waals surface area contributed by atoms with Gasteiger partial charge in [0.15, 0.2) is 0 Å². The molecule has 0 aliphatic carbocycles. The molecule has 1 atom stereocenters. The van der Waals surface area contributed by atoms with Crippen molar-refractivity contribution in [3.05, 3.63) is 29.6 Å². The number of nitrogens with two attached hydrogens (primary N) is 1. The summed E-state index contributed by atoms with van der Waals surface area (Å²) in [6.45, 7) is 2.99. The molecule has 0 heterocycles. The van der Waals surface area contributed by atoms with Gasteiger partial charge in [-0.05, 0) is 37.6 Å². The second-order valence-electron chi connectivity index (χ2n) is 4.65. The lowest BCUT2D eigenvalue weighted by Crippen LogP contribution is -2.47. The van der Waals surface area contributed by atoms with Crippen LogP contribution in [-0.2, 0) is 19.6 Å². The van der Waals surface area contributed by atoms with Crippen LogP contribution in [0, 0.1) is 12.7 Å². The fraction of sp³-hybridized carbons (Fsp3) is 0.462. The van der Waals surface area contributed by atoms with Gasteiger partial charge in [-0.2, -0.15) is 4.31 Å². The van der Waals surface area contributed by atoms with Crippen LogP contribution in [0.5, 0.6) is 0 Å². The largest absolute Gasteiger partial charge is 0.383 e. The van der Waals surface area contributed by atoms with E-state index in [-0.39, 0.29) is 18.0 Å². The van der Waals surface area contributed by atoms with E-state index in [0.717, 1.165) is 10.4 Å². The van der Waals surface area contributed by atoms with Crippen molar-refractivity contribution in [3.8, 4) is 0 Å². The molecule has 1 aromatic rings. The highest BCUT2D eigenvalue weighted by atomic mass is 32.2. The Morgan fingerprint density at radius 2 is 2.05 bits per heavy atom. The lowest BCUT2D eigenvalue weighted by Gasteiger charge is -2.26. The first-order valence-corrected chi connectivity index (χ1v) is 7.71. The van der Waals surface area contributed by atoms with Gasteiger partial charge in [-0.3, -0.25) is 4.79 Å². The molecule has 0 radical (unpaired) electrons. The summed E-state index contributed by atoms with van der Waals surface area (Å²) in [5.74, 6) is -1.45. The Morgan fingerprint density at radius 3 is 2.52 bits per heavy atom. The van der Waals surface area contributed by atoms with E-state index in [0.29, 0.717) is 5.56 Å². The van der Waals surface area contributed by atoms with Crippen LogP contribution in [0.3, 0.4) is 0 Å². The van der Waals surface area contributed by atoms with Crippen molar-refractivity contribution >= 4 is 15.9 Å². The molecule has 0 unspecified atom stereocenters. The minimum absolute atomic E-state index is 0.0570. The molecule has 0 aliphatic rings. The van der Waals surface area contributed by atoms with E-state index in [1.54, 1.807) is 6.92 Å². The molecule has 1 rings (SSSR count). The number of ether oxygens (including phenoxy) is 1. The Kier molecular flexibility index (Phi) is 5.82. The monoisotopic (exact) mass is 318 g/mol. The maximum Gasteiger partial charge on any atom is 0.243 e. The molecule has 8 heteroatoms. The van der Waals surface area contributed by atoms with Gasteiger partial charge >= 0.3 is 0 Å². The Bertz CT molecular complexity index is 598. The van der Waals surface area contributed by atoms with E-state index >= 15 is 0 Å². The van der Waals surface area contributed by atoms with Crippen LogP contribution in [-0.4, -0.2) is 44.9 Å². The van der Waals surface area contributed by atoms with Crippen LogP contribution >= 0.6 is 0 Å². The number of carbonyl (C=O) groups is 1. The van der Waals surface area contributed by atoms with Crippen molar-refractivity contribution in [2.45, 2.75) is 24.8 Å². The van der Waals surface area contributed by atoms with Gasteiger partial charge in [-0.1, -0.05) is 0 Å². The summed E-state index contributed by atoms with van der Waals surface area (Å²) in [6, 6.07) is 2.41. The van der Waals surface area contributed by atoms with Crippen molar-refractivity contribution < 1.29 is 22.3 Å². The van der Waals surface area contributed by atoms with E-state index in [1.165, 1.54) is 26.2 Å². The van der Waals surface area contributed by atoms with Crippen LogP contribution in [0.4, 0.5) is 4.39 Å². The Balaban J connectivity index is 3.28. The molecule has 2 N–H and O–H groups in total. The number of hydrogen-bond donors (Lipinski definition) is 1. The van der Waals surface area contributed by atoms with Gasteiger partial charge < -0.3 is 10.5 Å². The first kappa shape index (κ1) is 17.5. The summed E-state index contributed by atoms with van der Waals surface area (Å²) < 4.78 is 44.4. The van der Waals surface area contributed by atoms with E-state index in [9.17, 15) is 17.6 Å². The molecule has 118 valence electrons. The fourth-order valence-electron chi connectivity index (χ4n) is 1.83. The number of methoxy groups -OCH3 is 1. The molecule has 21 heavy (non-hydrogen) atoms. The maximum atomic E-state index is 13.4. The quantitative estimate of drug-likeness (QED) is 0.799. The molecule has 0 fully saturated rings. The number of primary amides is 1. The second kappa shape index (κ2) is 6.97. The third kappa shape index (κ3) is 4.23. The zero-order chi connectivity index (χ0) is 16.2. The van der Waals surface area contributed by atoms with Gasteiger partial charge in [0.1, 0.15) is 11.9 Å². The number of amides is 1. The number of nitrogens with zero attached hydrogens (tertiary/aromatic N) is 1. The van der Waals surface area contributed by atoms with Crippen molar-refractivity contribution in [3.63, 3.8) is 0 Å². The number of sulfonamides is 1. The highest BCUT2D eigenvalue weighted by Crippen LogP contribution is 2.20. The summed E-state index contributed by atoms with van der Waals surface area (Å²) in [5, 5.41) is 0.